The van der Waals surface area contributed by atoms with Crippen LogP contribution in [-0.4, -0.2) is 22.8 Å². The van der Waals surface area contributed by atoms with E-state index in [1.54, 1.807) is 0 Å². The van der Waals surface area contributed by atoms with Crippen LogP contribution < -0.4 is 10.1 Å². The van der Waals surface area contributed by atoms with Gasteiger partial charge in [0.25, 0.3) is 0 Å². The summed E-state index contributed by atoms with van der Waals surface area (Å²) in [6.45, 7) is 0.755. The minimum Gasteiger partial charge on any atom is -0.470 e. The van der Waals surface area contributed by atoms with Gasteiger partial charge in [0.1, 0.15) is 5.60 Å². The summed E-state index contributed by atoms with van der Waals surface area (Å²) in [5.74, 6) is 3.42. The summed E-state index contributed by atoms with van der Waals surface area (Å²) in [5.41, 5.74) is 1.04. The van der Waals surface area contributed by atoms with Gasteiger partial charge in [0, 0.05) is 12.6 Å². The van der Waals surface area contributed by atoms with Gasteiger partial charge in [-0.05, 0) is 69.4 Å². The number of aromatic nitrogens is 2. The largest absolute Gasteiger partial charge is 0.470 e. The Bertz CT molecular complexity index is 450. The molecule has 0 amide bonds. The summed E-state index contributed by atoms with van der Waals surface area (Å²) in [6, 6.07) is 4.00. The van der Waals surface area contributed by atoms with E-state index in [1.165, 1.54) is 38.5 Å². The molecular formula is C16H23N3O. The summed E-state index contributed by atoms with van der Waals surface area (Å²) in [6.07, 6.45) is 8.02. The van der Waals surface area contributed by atoms with Gasteiger partial charge in [0.2, 0.25) is 5.88 Å². The van der Waals surface area contributed by atoms with E-state index >= 15 is 0 Å². The highest BCUT2D eigenvalue weighted by Gasteiger charge is 2.52. The summed E-state index contributed by atoms with van der Waals surface area (Å²) < 4.78 is 6.35. The van der Waals surface area contributed by atoms with E-state index in [1.807, 2.05) is 19.2 Å². The van der Waals surface area contributed by atoms with Gasteiger partial charge in [-0.3, -0.25) is 0 Å². The summed E-state index contributed by atoms with van der Waals surface area (Å²) in [5, 5.41) is 11.6. The summed E-state index contributed by atoms with van der Waals surface area (Å²) in [7, 11) is 1.92. The molecule has 0 radical (unpaired) electrons. The fraction of sp³-hybridized carbons (Fsp3) is 0.750. The molecule has 4 aliphatic carbocycles. The van der Waals surface area contributed by atoms with Crippen molar-refractivity contribution >= 4 is 0 Å². The Balaban J connectivity index is 1.50. The number of nitrogens with one attached hydrogen (secondary N) is 1. The van der Waals surface area contributed by atoms with Crippen LogP contribution in [0.25, 0.3) is 0 Å². The second kappa shape index (κ2) is 4.69. The van der Waals surface area contributed by atoms with Gasteiger partial charge in [0.15, 0.2) is 0 Å². The van der Waals surface area contributed by atoms with Gasteiger partial charge in [0.05, 0.1) is 5.69 Å². The molecular weight excluding hydrogens is 250 g/mol. The lowest BCUT2D eigenvalue weighted by molar-refractivity contribution is -0.109. The molecule has 4 saturated carbocycles. The van der Waals surface area contributed by atoms with Crippen LogP contribution >= 0.6 is 0 Å². The van der Waals surface area contributed by atoms with Gasteiger partial charge < -0.3 is 10.1 Å². The van der Waals surface area contributed by atoms with Gasteiger partial charge >= 0.3 is 0 Å². The van der Waals surface area contributed by atoms with Gasteiger partial charge in [-0.2, -0.15) is 5.10 Å². The zero-order valence-electron chi connectivity index (χ0n) is 12.1. The lowest BCUT2D eigenvalue weighted by Gasteiger charge is -2.55. The molecule has 1 N–H and O–H groups in total. The topological polar surface area (TPSA) is 47.0 Å². The Hall–Kier alpha value is -1.16. The van der Waals surface area contributed by atoms with E-state index in [0.29, 0.717) is 5.88 Å². The SMILES string of the molecule is CNCc1ccc(OC23CC4CC(CC(C4)C2)C3)nn1. The van der Waals surface area contributed by atoms with Crippen molar-refractivity contribution < 1.29 is 4.74 Å². The number of rotatable bonds is 4. The first-order valence-corrected chi connectivity index (χ1v) is 7.91. The van der Waals surface area contributed by atoms with Crippen molar-refractivity contribution in [3.63, 3.8) is 0 Å². The zero-order chi connectivity index (χ0) is 13.6. The quantitative estimate of drug-likeness (QED) is 0.916. The standard InChI is InChI=1S/C16H23N3O/c1-17-10-14-2-3-15(19-18-14)20-16-7-11-4-12(8-16)6-13(5-11)9-16/h2-3,11-13,17H,4-10H2,1H3. The molecule has 4 aliphatic rings. The van der Waals surface area contributed by atoms with Gasteiger partial charge in [-0.1, -0.05) is 0 Å². The molecule has 1 aromatic heterocycles. The van der Waals surface area contributed by atoms with Crippen molar-refractivity contribution in [2.75, 3.05) is 7.05 Å². The van der Waals surface area contributed by atoms with Crippen LogP contribution in [0.5, 0.6) is 5.88 Å². The number of hydrogen-bond acceptors (Lipinski definition) is 4. The first-order chi connectivity index (χ1) is 9.75. The molecule has 1 heterocycles. The number of nitrogens with zero attached hydrogens (tertiary/aromatic N) is 2. The minimum atomic E-state index is 0.0773. The molecule has 0 aliphatic heterocycles. The molecule has 4 heteroatoms. The van der Waals surface area contributed by atoms with Crippen molar-refractivity contribution in [2.24, 2.45) is 17.8 Å². The van der Waals surface area contributed by atoms with E-state index in [4.69, 9.17) is 4.74 Å². The highest BCUT2D eigenvalue weighted by atomic mass is 16.5. The molecule has 0 spiro atoms. The lowest BCUT2D eigenvalue weighted by atomic mass is 9.54. The Morgan fingerprint density at radius 2 is 1.75 bits per heavy atom. The molecule has 0 unspecified atom stereocenters. The highest BCUT2D eigenvalue weighted by molar-refractivity contribution is 5.15. The normalized spacial score (nSPS) is 38.1. The fourth-order valence-corrected chi connectivity index (χ4v) is 5.06. The Kier molecular flexibility index (Phi) is 2.95. The van der Waals surface area contributed by atoms with Crippen molar-refractivity contribution in [1.29, 1.82) is 0 Å². The van der Waals surface area contributed by atoms with Crippen LogP contribution in [0.15, 0.2) is 12.1 Å². The zero-order valence-corrected chi connectivity index (χ0v) is 12.1. The molecule has 0 saturated heterocycles. The summed E-state index contributed by atoms with van der Waals surface area (Å²) in [4.78, 5) is 0. The van der Waals surface area contributed by atoms with Crippen LogP contribution in [0.3, 0.4) is 0 Å². The molecule has 20 heavy (non-hydrogen) atoms. The Morgan fingerprint density at radius 1 is 1.10 bits per heavy atom. The predicted octanol–water partition coefficient (Wildman–Crippen LogP) is 2.54. The molecule has 0 aromatic carbocycles. The van der Waals surface area contributed by atoms with Crippen molar-refractivity contribution in [1.82, 2.24) is 15.5 Å². The maximum atomic E-state index is 6.35. The van der Waals surface area contributed by atoms with Gasteiger partial charge in [-0.25, -0.2) is 0 Å². The first-order valence-electron chi connectivity index (χ1n) is 7.91. The Morgan fingerprint density at radius 3 is 2.25 bits per heavy atom. The van der Waals surface area contributed by atoms with E-state index in [2.05, 4.69) is 15.5 Å². The number of ether oxygens (including phenoxy) is 1. The monoisotopic (exact) mass is 273 g/mol. The second-order valence-electron chi connectivity index (χ2n) is 7.10. The minimum absolute atomic E-state index is 0.0773. The van der Waals surface area contributed by atoms with Crippen molar-refractivity contribution in [2.45, 2.75) is 50.7 Å². The van der Waals surface area contributed by atoms with E-state index in [0.717, 1.165) is 30.0 Å². The van der Waals surface area contributed by atoms with Gasteiger partial charge in [-0.15, -0.1) is 5.10 Å². The maximum Gasteiger partial charge on any atom is 0.233 e. The van der Waals surface area contributed by atoms with Crippen LogP contribution in [0.1, 0.15) is 44.2 Å². The third-order valence-electron chi connectivity index (χ3n) is 5.36. The average molecular weight is 273 g/mol. The third kappa shape index (κ3) is 2.20. The highest BCUT2D eigenvalue weighted by Crippen LogP contribution is 2.56. The molecule has 4 bridgehead atoms. The average Bonchev–Trinajstić information content (AvgIpc) is 2.39. The predicted molar refractivity (Wildman–Crippen MR) is 76.3 cm³/mol. The molecule has 1 aromatic rings. The molecule has 5 rings (SSSR count). The first kappa shape index (κ1) is 12.6. The molecule has 108 valence electrons. The van der Waals surface area contributed by atoms with Crippen LogP contribution in [-0.2, 0) is 6.54 Å². The van der Waals surface area contributed by atoms with E-state index in [-0.39, 0.29) is 5.60 Å². The fourth-order valence-electron chi connectivity index (χ4n) is 5.06. The molecule has 0 atom stereocenters. The third-order valence-corrected chi connectivity index (χ3v) is 5.36. The van der Waals surface area contributed by atoms with E-state index < -0.39 is 0 Å². The smallest absolute Gasteiger partial charge is 0.233 e. The van der Waals surface area contributed by atoms with E-state index in [9.17, 15) is 0 Å². The summed E-state index contributed by atoms with van der Waals surface area (Å²) >= 11 is 0. The van der Waals surface area contributed by atoms with Crippen molar-refractivity contribution in [3.8, 4) is 5.88 Å². The second-order valence-corrected chi connectivity index (χ2v) is 7.10. The van der Waals surface area contributed by atoms with Crippen molar-refractivity contribution in [3.05, 3.63) is 17.8 Å². The molecule has 4 fully saturated rings. The number of hydrogen-bond donors (Lipinski definition) is 1. The van der Waals surface area contributed by atoms with Crippen LogP contribution in [0, 0.1) is 17.8 Å². The van der Waals surface area contributed by atoms with Crippen LogP contribution in [0.4, 0.5) is 0 Å². The Labute approximate surface area is 120 Å². The maximum absolute atomic E-state index is 6.35. The lowest BCUT2D eigenvalue weighted by Crippen LogP contribution is -2.53. The molecule has 4 nitrogen and oxygen atoms in total. The van der Waals surface area contributed by atoms with Crippen LogP contribution in [0.2, 0.25) is 0 Å².